The first kappa shape index (κ1) is 19.5. The minimum Gasteiger partial charge on any atom is -0.375 e. The molecule has 2 fully saturated rings. The van der Waals surface area contributed by atoms with Gasteiger partial charge in [-0.05, 0) is 43.0 Å². The van der Waals surface area contributed by atoms with E-state index in [-0.39, 0.29) is 11.5 Å². The van der Waals surface area contributed by atoms with Crippen molar-refractivity contribution in [1.82, 2.24) is 15.0 Å². The second-order valence-corrected chi connectivity index (χ2v) is 9.06. The number of likely N-dealkylation sites (tertiary alicyclic amines) is 1. The number of hydrogen-bond donors (Lipinski definition) is 0. The van der Waals surface area contributed by atoms with Crippen molar-refractivity contribution in [2.45, 2.75) is 37.7 Å². The lowest BCUT2D eigenvalue weighted by Crippen LogP contribution is -2.51. The van der Waals surface area contributed by atoms with E-state index in [9.17, 15) is 4.79 Å². The van der Waals surface area contributed by atoms with Crippen molar-refractivity contribution in [1.29, 1.82) is 0 Å². The molecule has 7 heteroatoms. The molecular formula is C23H25N3O3S. The Kier molecular flexibility index (Phi) is 5.39. The van der Waals surface area contributed by atoms with Gasteiger partial charge in [-0.25, -0.2) is 0 Å². The lowest BCUT2D eigenvalue weighted by molar-refractivity contribution is -0.123. The van der Waals surface area contributed by atoms with Gasteiger partial charge in [-0.1, -0.05) is 35.5 Å². The molecule has 2 saturated heterocycles. The zero-order valence-corrected chi connectivity index (χ0v) is 17.6. The fourth-order valence-electron chi connectivity index (χ4n) is 4.63. The van der Waals surface area contributed by atoms with E-state index in [4.69, 9.17) is 9.26 Å². The fraction of sp³-hybridized carbons (Fsp3) is 0.435. The van der Waals surface area contributed by atoms with Crippen molar-refractivity contribution in [3.05, 3.63) is 58.6 Å². The molecule has 1 unspecified atom stereocenters. The molecule has 1 atom stereocenters. The normalized spacial score (nSPS) is 21.1. The van der Waals surface area contributed by atoms with Crippen molar-refractivity contribution in [3.8, 4) is 11.4 Å². The monoisotopic (exact) mass is 423 g/mol. The van der Waals surface area contributed by atoms with E-state index in [2.05, 4.69) is 10.1 Å². The van der Waals surface area contributed by atoms with Gasteiger partial charge in [0.1, 0.15) is 0 Å². The largest absolute Gasteiger partial charge is 0.375 e. The van der Waals surface area contributed by atoms with Gasteiger partial charge < -0.3 is 14.2 Å². The van der Waals surface area contributed by atoms with Gasteiger partial charge in [0.15, 0.2) is 0 Å². The lowest BCUT2D eigenvalue weighted by Gasteiger charge is -2.46. The SMILES string of the molecule is O=C(c1ccsc1)N1CCC2(CC1)CC(Cc1nc(-c3ccccc3)no1)CCO2. The van der Waals surface area contributed by atoms with E-state index in [0.29, 0.717) is 17.6 Å². The van der Waals surface area contributed by atoms with E-state index < -0.39 is 0 Å². The molecule has 2 aliphatic heterocycles. The van der Waals surface area contributed by atoms with E-state index in [1.165, 1.54) is 0 Å². The first-order valence-electron chi connectivity index (χ1n) is 10.5. The summed E-state index contributed by atoms with van der Waals surface area (Å²) in [5, 5.41) is 8.03. The van der Waals surface area contributed by atoms with Gasteiger partial charge in [0.25, 0.3) is 5.91 Å². The van der Waals surface area contributed by atoms with Crippen LogP contribution in [0.5, 0.6) is 0 Å². The van der Waals surface area contributed by atoms with Gasteiger partial charge in [-0.15, -0.1) is 0 Å². The zero-order valence-electron chi connectivity index (χ0n) is 16.8. The van der Waals surface area contributed by atoms with Crippen LogP contribution in [0.4, 0.5) is 0 Å². The topological polar surface area (TPSA) is 68.5 Å². The second-order valence-electron chi connectivity index (χ2n) is 8.28. The molecule has 0 radical (unpaired) electrons. The first-order chi connectivity index (χ1) is 14.7. The molecule has 6 nitrogen and oxygen atoms in total. The first-order valence-corrected chi connectivity index (χ1v) is 11.5. The molecule has 2 aliphatic rings. The number of ether oxygens (including phenoxy) is 1. The van der Waals surface area contributed by atoms with Gasteiger partial charge in [-0.2, -0.15) is 16.3 Å². The number of hydrogen-bond acceptors (Lipinski definition) is 6. The van der Waals surface area contributed by atoms with Crippen molar-refractivity contribution in [2.24, 2.45) is 5.92 Å². The summed E-state index contributed by atoms with van der Waals surface area (Å²) < 4.78 is 11.8. The van der Waals surface area contributed by atoms with E-state index in [0.717, 1.165) is 62.9 Å². The highest BCUT2D eigenvalue weighted by Crippen LogP contribution is 2.39. The molecule has 5 rings (SSSR count). The molecule has 4 heterocycles. The molecule has 3 aromatic rings. The van der Waals surface area contributed by atoms with Crippen molar-refractivity contribution in [2.75, 3.05) is 19.7 Å². The molecule has 1 aromatic carbocycles. The van der Waals surface area contributed by atoms with Crippen LogP contribution in [0.25, 0.3) is 11.4 Å². The van der Waals surface area contributed by atoms with Crippen LogP contribution < -0.4 is 0 Å². The summed E-state index contributed by atoms with van der Waals surface area (Å²) in [7, 11) is 0. The lowest BCUT2D eigenvalue weighted by atomic mass is 9.78. The minimum absolute atomic E-state index is 0.128. The Morgan fingerprint density at radius 3 is 2.80 bits per heavy atom. The Morgan fingerprint density at radius 2 is 2.03 bits per heavy atom. The number of nitrogens with zero attached hydrogens (tertiary/aromatic N) is 3. The zero-order chi connectivity index (χ0) is 20.4. The Labute approximate surface area is 179 Å². The van der Waals surface area contributed by atoms with Gasteiger partial charge in [0.2, 0.25) is 11.7 Å². The average molecular weight is 424 g/mol. The van der Waals surface area contributed by atoms with Crippen molar-refractivity contribution in [3.63, 3.8) is 0 Å². The Balaban J connectivity index is 1.20. The van der Waals surface area contributed by atoms with Crippen LogP contribution in [0, 0.1) is 5.92 Å². The minimum atomic E-state index is -0.128. The summed E-state index contributed by atoms with van der Waals surface area (Å²) in [6.45, 7) is 2.25. The van der Waals surface area contributed by atoms with Crippen LogP contribution in [0.15, 0.2) is 51.7 Å². The Hall–Kier alpha value is -2.51. The van der Waals surface area contributed by atoms with E-state index in [1.807, 2.05) is 52.1 Å². The third-order valence-electron chi connectivity index (χ3n) is 6.29. The van der Waals surface area contributed by atoms with Gasteiger partial charge in [0, 0.05) is 37.1 Å². The number of amides is 1. The highest BCUT2D eigenvalue weighted by atomic mass is 32.1. The van der Waals surface area contributed by atoms with Crippen molar-refractivity contribution < 1.29 is 14.1 Å². The van der Waals surface area contributed by atoms with Gasteiger partial charge in [-0.3, -0.25) is 4.79 Å². The number of aromatic nitrogens is 2. The molecule has 2 aromatic heterocycles. The average Bonchev–Trinajstić information content (AvgIpc) is 3.47. The number of benzene rings is 1. The third kappa shape index (κ3) is 4.04. The van der Waals surface area contributed by atoms with E-state index >= 15 is 0 Å². The van der Waals surface area contributed by atoms with Crippen LogP contribution in [0.2, 0.25) is 0 Å². The molecule has 30 heavy (non-hydrogen) atoms. The number of carbonyl (C=O) groups is 1. The molecule has 0 N–H and O–H groups in total. The quantitative estimate of drug-likeness (QED) is 0.620. The summed E-state index contributed by atoms with van der Waals surface area (Å²) in [5.74, 6) is 1.94. The van der Waals surface area contributed by atoms with Crippen LogP contribution in [-0.2, 0) is 11.2 Å². The molecule has 0 aliphatic carbocycles. The highest BCUT2D eigenvalue weighted by Gasteiger charge is 2.41. The predicted molar refractivity (Wildman–Crippen MR) is 114 cm³/mol. The molecule has 156 valence electrons. The number of carbonyl (C=O) groups excluding carboxylic acids is 1. The smallest absolute Gasteiger partial charge is 0.254 e. The number of thiophene rings is 1. The van der Waals surface area contributed by atoms with Crippen LogP contribution in [0.3, 0.4) is 0 Å². The molecule has 1 amide bonds. The number of piperidine rings is 1. The maximum atomic E-state index is 12.6. The van der Waals surface area contributed by atoms with Crippen LogP contribution in [0.1, 0.15) is 41.9 Å². The predicted octanol–water partition coefficient (Wildman–Crippen LogP) is 4.44. The second kappa shape index (κ2) is 8.32. The molecule has 0 bridgehead atoms. The highest BCUT2D eigenvalue weighted by molar-refractivity contribution is 7.08. The molecule has 0 saturated carbocycles. The molecular weight excluding hydrogens is 398 g/mol. The van der Waals surface area contributed by atoms with Crippen LogP contribution in [-0.4, -0.2) is 46.2 Å². The summed E-state index contributed by atoms with van der Waals surface area (Å²) >= 11 is 1.56. The Bertz CT molecular complexity index is 978. The third-order valence-corrected chi connectivity index (χ3v) is 6.97. The Morgan fingerprint density at radius 1 is 1.20 bits per heavy atom. The maximum absolute atomic E-state index is 12.6. The summed E-state index contributed by atoms with van der Waals surface area (Å²) in [5.41, 5.74) is 1.64. The summed E-state index contributed by atoms with van der Waals surface area (Å²) in [4.78, 5) is 19.2. The fourth-order valence-corrected chi connectivity index (χ4v) is 5.26. The van der Waals surface area contributed by atoms with Crippen molar-refractivity contribution >= 4 is 17.2 Å². The number of rotatable bonds is 4. The van der Waals surface area contributed by atoms with E-state index in [1.54, 1.807) is 11.3 Å². The van der Waals surface area contributed by atoms with Crippen LogP contribution >= 0.6 is 11.3 Å². The summed E-state index contributed by atoms with van der Waals surface area (Å²) in [6.07, 6.45) is 4.54. The molecule has 1 spiro atoms. The van der Waals surface area contributed by atoms with Gasteiger partial charge >= 0.3 is 0 Å². The summed E-state index contributed by atoms with van der Waals surface area (Å²) in [6, 6.07) is 11.8. The standard InChI is InChI=1S/C23H25N3O3S/c27-22(19-7-13-30-16-19)26-10-8-23(9-11-26)15-17(6-12-28-23)14-20-24-21(25-29-20)18-4-2-1-3-5-18/h1-5,7,13,16-17H,6,8-12,14-15H2. The van der Waals surface area contributed by atoms with Gasteiger partial charge in [0.05, 0.1) is 11.2 Å². The maximum Gasteiger partial charge on any atom is 0.254 e.